The number of halogens is 1. The van der Waals surface area contributed by atoms with E-state index in [0.29, 0.717) is 0 Å². The second-order valence-electron chi connectivity index (χ2n) is 3.39. The van der Waals surface area contributed by atoms with Crippen molar-refractivity contribution in [1.29, 1.82) is 0 Å². The molecule has 0 heterocycles. The summed E-state index contributed by atoms with van der Waals surface area (Å²) in [6.45, 7) is 11.3. The summed E-state index contributed by atoms with van der Waals surface area (Å²) in [7, 11) is 0. The van der Waals surface area contributed by atoms with Gasteiger partial charge in [0.2, 0.25) is 0 Å². The van der Waals surface area contributed by atoms with Gasteiger partial charge < -0.3 is 4.90 Å². The standard InChI is InChI=1S/C13H16BrN/c1-4-9-15(10-5-2)12-8-6-7-11(3)13(12)14/h4-8H,1-2,9-10H2,3H3. The van der Waals surface area contributed by atoms with Crippen molar-refractivity contribution in [1.82, 2.24) is 0 Å². The fourth-order valence-electron chi connectivity index (χ4n) is 1.46. The van der Waals surface area contributed by atoms with E-state index in [9.17, 15) is 0 Å². The fourth-order valence-corrected chi connectivity index (χ4v) is 1.97. The van der Waals surface area contributed by atoms with E-state index in [2.05, 4.69) is 59.1 Å². The van der Waals surface area contributed by atoms with E-state index < -0.39 is 0 Å². The zero-order valence-electron chi connectivity index (χ0n) is 9.04. The van der Waals surface area contributed by atoms with Crippen LogP contribution in [0.3, 0.4) is 0 Å². The maximum atomic E-state index is 3.77. The highest BCUT2D eigenvalue weighted by Gasteiger charge is 2.08. The molecule has 0 atom stereocenters. The Bertz CT molecular complexity index is 348. The zero-order chi connectivity index (χ0) is 11.3. The van der Waals surface area contributed by atoms with Crippen LogP contribution >= 0.6 is 15.9 Å². The topological polar surface area (TPSA) is 3.24 Å². The summed E-state index contributed by atoms with van der Waals surface area (Å²) >= 11 is 3.61. The molecule has 1 rings (SSSR count). The van der Waals surface area contributed by atoms with Gasteiger partial charge >= 0.3 is 0 Å². The van der Waals surface area contributed by atoms with E-state index >= 15 is 0 Å². The number of anilines is 1. The molecule has 0 aliphatic carbocycles. The minimum atomic E-state index is 0.827. The molecular formula is C13H16BrN. The summed E-state index contributed by atoms with van der Waals surface area (Å²) in [5.41, 5.74) is 2.43. The Morgan fingerprint density at radius 1 is 1.27 bits per heavy atom. The molecule has 0 unspecified atom stereocenters. The Labute approximate surface area is 100 Å². The molecule has 0 fully saturated rings. The molecule has 1 aromatic rings. The quantitative estimate of drug-likeness (QED) is 0.730. The largest absolute Gasteiger partial charge is 0.363 e. The van der Waals surface area contributed by atoms with E-state index in [1.54, 1.807) is 0 Å². The predicted octanol–water partition coefficient (Wildman–Crippen LogP) is 3.94. The van der Waals surface area contributed by atoms with Crippen molar-refractivity contribution in [2.24, 2.45) is 0 Å². The van der Waals surface area contributed by atoms with Crippen LogP contribution < -0.4 is 4.90 Å². The molecule has 0 N–H and O–H groups in total. The third kappa shape index (κ3) is 2.96. The Kier molecular flexibility index (Phi) is 4.63. The van der Waals surface area contributed by atoms with Gasteiger partial charge in [-0.15, -0.1) is 13.2 Å². The van der Waals surface area contributed by atoms with Crippen LogP contribution in [-0.4, -0.2) is 13.1 Å². The van der Waals surface area contributed by atoms with Gasteiger partial charge in [0.05, 0.1) is 5.69 Å². The number of hydrogen-bond donors (Lipinski definition) is 0. The molecule has 1 nitrogen and oxygen atoms in total. The number of nitrogens with zero attached hydrogens (tertiary/aromatic N) is 1. The zero-order valence-corrected chi connectivity index (χ0v) is 10.6. The molecule has 15 heavy (non-hydrogen) atoms. The fraction of sp³-hybridized carbons (Fsp3) is 0.231. The highest BCUT2D eigenvalue weighted by atomic mass is 79.9. The molecule has 80 valence electrons. The highest BCUT2D eigenvalue weighted by Crippen LogP contribution is 2.29. The minimum Gasteiger partial charge on any atom is -0.363 e. The third-order valence-corrected chi connectivity index (χ3v) is 3.24. The van der Waals surface area contributed by atoms with Crippen LogP contribution in [0.15, 0.2) is 48.0 Å². The van der Waals surface area contributed by atoms with Crippen LogP contribution in [0.5, 0.6) is 0 Å². The number of aryl methyl sites for hydroxylation is 1. The van der Waals surface area contributed by atoms with Crippen LogP contribution in [0.4, 0.5) is 5.69 Å². The van der Waals surface area contributed by atoms with Gasteiger partial charge in [-0.1, -0.05) is 24.3 Å². The van der Waals surface area contributed by atoms with Crippen molar-refractivity contribution >= 4 is 21.6 Å². The monoisotopic (exact) mass is 265 g/mol. The van der Waals surface area contributed by atoms with Gasteiger partial charge in [0.15, 0.2) is 0 Å². The van der Waals surface area contributed by atoms with Crippen LogP contribution in [0.25, 0.3) is 0 Å². The molecule has 0 saturated carbocycles. The molecule has 0 amide bonds. The van der Waals surface area contributed by atoms with Crippen LogP contribution in [0, 0.1) is 6.92 Å². The minimum absolute atomic E-state index is 0.827. The number of benzene rings is 1. The average Bonchev–Trinajstić information content (AvgIpc) is 2.22. The summed E-state index contributed by atoms with van der Waals surface area (Å²) in [5.74, 6) is 0. The molecule has 0 radical (unpaired) electrons. The third-order valence-electron chi connectivity index (χ3n) is 2.21. The first-order chi connectivity index (χ1) is 7.20. The van der Waals surface area contributed by atoms with Crippen molar-refractivity contribution in [3.63, 3.8) is 0 Å². The summed E-state index contributed by atoms with van der Waals surface area (Å²) in [6.07, 6.45) is 3.80. The lowest BCUT2D eigenvalue weighted by Crippen LogP contribution is -2.23. The van der Waals surface area contributed by atoms with Crippen LogP contribution in [-0.2, 0) is 0 Å². The number of hydrogen-bond acceptors (Lipinski definition) is 1. The van der Waals surface area contributed by atoms with Gasteiger partial charge in [-0.3, -0.25) is 0 Å². The second kappa shape index (κ2) is 5.76. The normalized spacial score (nSPS) is 9.73. The molecule has 2 heteroatoms. The first-order valence-electron chi connectivity index (χ1n) is 4.92. The van der Waals surface area contributed by atoms with E-state index in [1.807, 2.05) is 12.2 Å². The molecular weight excluding hydrogens is 250 g/mol. The lowest BCUT2D eigenvalue weighted by atomic mass is 10.2. The molecule has 0 bridgehead atoms. The van der Waals surface area contributed by atoms with Gasteiger partial charge in [-0.2, -0.15) is 0 Å². The summed E-state index contributed by atoms with van der Waals surface area (Å²) in [6, 6.07) is 6.26. The van der Waals surface area contributed by atoms with E-state index in [1.165, 1.54) is 11.3 Å². The lowest BCUT2D eigenvalue weighted by Gasteiger charge is -2.23. The second-order valence-corrected chi connectivity index (χ2v) is 4.18. The Balaban J connectivity index is 3.04. The molecule has 0 aliphatic rings. The predicted molar refractivity (Wildman–Crippen MR) is 71.5 cm³/mol. The first kappa shape index (κ1) is 12.1. The smallest absolute Gasteiger partial charge is 0.0519 e. The average molecular weight is 266 g/mol. The Morgan fingerprint density at radius 2 is 1.87 bits per heavy atom. The molecule has 0 saturated heterocycles. The Hall–Kier alpha value is -1.02. The molecule has 0 aromatic heterocycles. The van der Waals surface area contributed by atoms with Gasteiger partial charge in [-0.25, -0.2) is 0 Å². The van der Waals surface area contributed by atoms with Crippen molar-refractivity contribution in [3.05, 3.63) is 53.5 Å². The SMILES string of the molecule is C=CCN(CC=C)c1cccc(C)c1Br. The van der Waals surface area contributed by atoms with Crippen molar-refractivity contribution in [2.45, 2.75) is 6.92 Å². The maximum absolute atomic E-state index is 3.77. The molecule has 0 spiro atoms. The van der Waals surface area contributed by atoms with Gasteiger partial charge in [0, 0.05) is 17.6 Å². The highest BCUT2D eigenvalue weighted by molar-refractivity contribution is 9.10. The molecule has 1 aromatic carbocycles. The summed E-state index contributed by atoms with van der Waals surface area (Å²) < 4.78 is 1.15. The summed E-state index contributed by atoms with van der Waals surface area (Å²) in [5, 5.41) is 0. The van der Waals surface area contributed by atoms with Crippen LogP contribution in [0.2, 0.25) is 0 Å². The van der Waals surface area contributed by atoms with Gasteiger partial charge in [0.25, 0.3) is 0 Å². The van der Waals surface area contributed by atoms with E-state index in [0.717, 1.165) is 17.6 Å². The Morgan fingerprint density at radius 3 is 2.40 bits per heavy atom. The van der Waals surface area contributed by atoms with Crippen molar-refractivity contribution < 1.29 is 0 Å². The van der Waals surface area contributed by atoms with Gasteiger partial charge in [0.1, 0.15) is 0 Å². The maximum Gasteiger partial charge on any atom is 0.0519 e. The van der Waals surface area contributed by atoms with E-state index in [4.69, 9.17) is 0 Å². The number of rotatable bonds is 5. The van der Waals surface area contributed by atoms with Crippen molar-refractivity contribution in [3.8, 4) is 0 Å². The van der Waals surface area contributed by atoms with Gasteiger partial charge in [-0.05, 0) is 34.5 Å². The molecule has 0 aliphatic heterocycles. The van der Waals surface area contributed by atoms with E-state index in [-0.39, 0.29) is 0 Å². The van der Waals surface area contributed by atoms with Crippen LogP contribution in [0.1, 0.15) is 5.56 Å². The lowest BCUT2D eigenvalue weighted by molar-refractivity contribution is 0.951. The summed E-state index contributed by atoms with van der Waals surface area (Å²) in [4.78, 5) is 2.22. The van der Waals surface area contributed by atoms with Crippen molar-refractivity contribution in [2.75, 3.05) is 18.0 Å². The first-order valence-corrected chi connectivity index (χ1v) is 5.72.